The third kappa shape index (κ3) is 2.39. The molecule has 3 rings (SSSR count). The fourth-order valence-corrected chi connectivity index (χ4v) is 3.61. The lowest BCUT2D eigenvalue weighted by Crippen LogP contribution is -2.62. The van der Waals surface area contributed by atoms with Crippen molar-refractivity contribution in [2.24, 2.45) is 5.41 Å². The largest absolute Gasteiger partial charge is 0.392 e. The van der Waals surface area contributed by atoms with Crippen LogP contribution in [-0.4, -0.2) is 42.0 Å². The van der Waals surface area contributed by atoms with Crippen molar-refractivity contribution in [2.45, 2.75) is 38.4 Å². The third-order valence-electron chi connectivity index (χ3n) is 5.01. The fraction of sp³-hybridized carbons (Fsp3) is 0.625. The number of aromatic nitrogens is 1. The fourth-order valence-electron chi connectivity index (χ4n) is 3.61. The molecule has 1 aliphatic heterocycles. The summed E-state index contributed by atoms with van der Waals surface area (Å²) in [7, 11) is 0. The van der Waals surface area contributed by atoms with E-state index >= 15 is 0 Å². The average Bonchev–Trinajstić information content (AvgIpc) is 2.55. The molecule has 2 fully saturated rings. The Hall–Kier alpha value is -1.64. The van der Waals surface area contributed by atoms with Crippen LogP contribution in [0.1, 0.15) is 31.7 Å². The zero-order valence-corrected chi connectivity index (χ0v) is 12.3. The van der Waals surface area contributed by atoms with E-state index in [2.05, 4.69) is 16.0 Å². The molecule has 1 N–H and O–H groups in total. The van der Waals surface area contributed by atoms with Crippen molar-refractivity contribution in [2.75, 3.05) is 24.6 Å². The van der Waals surface area contributed by atoms with Crippen LogP contribution < -0.4 is 4.90 Å². The van der Waals surface area contributed by atoms with Gasteiger partial charge in [-0.25, -0.2) is 4.98 Å². The van der Waals surface area contributed by atoms with Gasteiger partial charge in [-0.2, -0.15) is 5.26 Å². The van der Waals surface area contributed by atoms with Crippen LogP contribution in [-0.2, 0) is 4.74 Å². The predicted octanol–water partition coefficient (Wildman–Crippen LogP) is 1.71. The van der Waals surface area contributed by atoms with Gasteiger partial charge in [-0.15, -0.1) is 0 Å². The number of ether oxygens (including phenoxy) is 1. The van der Waals surface area contributed by atoms with Crippen LogP contribution >= 0.6 is 0 Å². The molecule has 2 atom stereocenters. The second-order valence-electron chi connectivity index (χ2n) is 5.93. The first-order valence-corrected chi connectivity index (χ1v) is 7.60. The Labute approximate surface area is 125 Å². The molecular formula is C16H21N3O2. The highest BCUT2D eigenvalue weighted by Gasteiger charge is 2.56. The number of nitriles is 1. The number of hydrogen-bond acceptors (Lipinski definition) is 5. The van der Waals surface area contributed by atoms with E-state index in [-0.39, 0.29) is 17.6 Å². The summed E-state index contributed by atoms with van der Waals surface area (Å²) in [6, 6.07) is 5.78. The summed E-state index contributed by atoms with van der Waals surface area (Å²) in [5, 5.41) is 19.0. The van der Waals surface area contributed by atoms with Crippen molar-refractivity contribution in [3.8, 4) is 6.07 Å². The van der Waals surface area contributed by atoms with Gasteiger partial charge in [0.05, 0.1) is 17.8 Å². The molecule has 0 radical (unpaired) electrons. The monoisotopic (exact) mass is 287 g/mol. The number of hydrogen-bond donors (Lipinski definition) is 1. The van der Waals surface area contributed by atoms with E-state index < -0.39 is 0 Å². The van der Waals surface area contributed by atoms with Gasteiger partial charge in [0.15, 0.2) is 0 Å². The summed E-state index contributed by atoms with van der Waals surface area (Å²) in [4.78, 5) is 6.57. The first-order chi connectivity index (χ1) is 10.2. The highest BCUT2D eigenvalue weighted by molar-refractivity contribution is 5.42. The van der Waals surface area contributed by atoms with Gasteiger partial charge in [0, 0.05) is 37.7 Å². The Balaban J connectivity index is 1.65. The number of rotatable bonds is 3. The maximum absolute atomic E-state index is 10.2. The first-order valence-electron chi connectivity index (χ1n) is 7.60. The van der Waals surface area contributed by atoms with Crippen LogP contribution in [0, 0.1) is 16.7 Å². The highest BCUT2D eigenvalue weighted by atomic mass is 16.5. The van der Waals surface area contributed by atoms with Crippen molar-refractivity contribution < 1.29 is 9.84 Å². The molecule has 2 aliphatic rings. The molecule has 1 saturated heterocycles. The van der Waals surface area contributed by atoms with E-state index in [0.717, 1.165) is 38.2 Å². The third-order valence-corrected chi connectivity index (χ3v) is 5.01. The highest BCUT2D eigenvalue weighted by Crippen LogP contribution is 2.51. The lowest BCUT2D eigenvalue weighted by atomic mass is 9.58. The van der Waals surface area contributed by atoms with Crippen molar-refractivity contribution in [3.63, 3.8) is 0 Å². The zero-order chi connectivity index (χ0) is 14.9. The lowest BCUT2D eigenvalue weighted by molar-refractivity contribution is -0.199. The Morgan fingerprint density at radius 1 is 1.48 bits per heavy atom. The zero-order valence-electron chi connectivity index (χ0n) is 12.3. The van der Waals surface area contributed by atoms with Crippen LogP contribution in [0.2, 0.25) is 0 Å². The molecule has 0 aromatic carbocycles. The van der Waals surface area contributed by atoms with Crippen molar-refractivity contribution in [3.05, 3.63) is 23.9 Å². The molecule has 0 bridgehead atoms. The summed E-state index contributed by atoms with van der Waals surface area (Å²) < 4.78 is 5.78. The standard InChI is InChI=1S/C16H21N3O2/c1-2-21-14-9-13(20)16(14)5-7-19(8-6-16)15-4-3-12(10-17)11-18-15/h3-4,11,13-14,20H,2,5-9H2,1H3. The van der Waals surface area contributed by atoms with Crippen LogP contribution in [0.5, 0.6) is 0 Å². The normalized spacial score (nSPS) is 27.2. The Bertz CT molecular complexity index is 527. The first kappa shape index (κ1) is 14.3. The van der Waals surface area contributed by atoms with Gasteiger partial charge in [0.1, 0.15) is 11.9 Å². The van der Waals surface area contributed by atoms with Crippen molar-refractivity contribution in [1.29, 1.82) is 5.26 Å². The van der Waals surface area contributed by atoms with Crippen molar-refractivity contribution in [1.82, 2.24) is 4.98 Å². The summed E-state index contributed by atoms with van der Waals surface area (Å²) in [6.45, 7) is 4.47. The van der Waals surface area contributed by atoms with E-state index in [1.54, 1.807) is 12.3 Å². The molecular weight excluding hydrogens is 266 g/mol. The molecule has 1 aromatic heterocycles. The molecule has 5 nitrogen and oxygen atoms in total. The second kappa shape index (κ2) is 5.63. The van der Waals surface area contributed by atoms with E-state index in [0.29, 0.717) is 12.2 Å². The van der Waals surface area contributed by atoms with E-state index in [1.165, 1.54) is 0 Å². The molecule has 2 heterocycles. The van der Waals surface area contributed by atoms with Crippen LogP contribution in [0.25, 0.3) is 0 Å². The quantitative estimate of drug-likeness (QED) is 0.916. The number of pyridine rings is 1. The molecule has 21 heavy (non-hydrogen) atoms. The van der Waals surface area contributed by atoms with Crippen molar-refractivity contribution >= 4 is 5.82 Å². The molecule has 1 aromatic rings. The maximum atomic E-state index is 10.2. The second-order valence-corrected chi connectivity index (χ2v) is 5.93. The Morgan fingerprint density at radius 2 is 2.24 bits per heavy atom. The SMILES string of the molecule is CCOC1CC(O)C12CCN(c1ccc(C#N)cn1)CC2. The molecule has 112 valence electrons. The van der Waals surface area contributed by atoms with Gasteiger partial charge in [-0.3, -0.25) is 0 Å². The van der Waals surface area contributed by atoms with Gasteiger partial charge >= 0.3 is 0 Å². The molecule has 1 saturated carbocycles. The topological polar surface area (TPSA) is 69.4 Å². The summed E-state index contributed by atoms with van der Waals surface area (Å²) in [6.07, 6.45) is 4.21. The number of nitrogens with zero attached hydrogens (tertiary/aromatic N) is 3. The minimum Gasteiger partial charge on any atom is -0.392 e. The molecule has 1 spiro atoms. The van der Waals surface area contributed by atoms with Gasteiger partial charge in [0.2, 0.25) is 0 Å². The molecule has 0 amide bonds. The molecule has 2 unspecified atom stereocenters. The Morgan fingerprint density at radius 3 is 2.76 bits per heavy atom. The number of aliphatic hydroxyl groups is 1. The van der Waals surface area contributed by atoms with Gasteiger partial charge in [0.25, 0.3) is 0 Å². The van der Waals surface area contributed by atoms with E-state index in [1.807, 2.05) is 13.0 Å². The summed E-state index contributed by atoms with van der Waals surface area (Å²) in [5.74, 6) is 0.908. The molecule has 5 heteroatoms. The average molecular weight is 287 g/mol. The van der Waals surface area contributed by atoms with Crippen LogP contribution in [0.15, 0.2) is 18.3 Å². The lowest BCUT2D eigenvalue weighted by Gasteiger charge is -2.56. The maximum Gasteiger partial charge on any atom is 0.128 e. The number of anilines is 1. The van der Waals surface area contributed by atoms with Gasteiger partial charge in [-0.1, -0.05) is 0 Å². The van der Waals surface area contributed by atoms with E-state index in [4.69, 9.17) is 10.00 Å². The summed E-state index contributed by atoms with van der Waals surface area (Å²) in [5.41, 5.74) is 0.525. The van der Waals surface area contributed by atoms with Crippen LogP contribution in [0.4, 0.5) is 5.82 Å². The van der Waals surface area contributed by atoms with Crippen LogP contribution in [0.3, 0.4) is 0 Å². The minimum atomic E-state index is -0.231. The smallest absolute Gasteiger partial charge is 0.128 e. The van der Waals surface area contributed by atoms with E-state index in [9.17, 15) is 5.11 Å². The number of piperidine rings is 1. The predicted molar refractivity (Wildman–Crippen MR) is 78.9 cm³/mol. The Kier molecular flexibility index (Phi) is 3.83. The number of aliphatic hydroxyl groups excluding tert-OH is 1. The summed E-state index contributed by atoms with van der Waals surface area (Å²) >= 11 is 0. The molecule has 1 aliphatic carbocycles. The van der Waals surface area contributed by atoms with Gasteiger partial charge < -0.3 is 14.7 Å². The minimum absolute atomic E-state index is 0.0564. The van der Waals surface area contributed by atoms with Gasteiger partial charge in [-0.05, 0) is 31.9 Å².